The molecule has 26 heavy (non-hydrogen) atoms. The molecule has 0 aromatic heterocycles. The van der Waals surface area contributed by atoms with Gasteiger partial charge in [0.25, 0.3) is 5.91 Å². The Hall–Kier alpha value is -3.15. The van der Waals surface area contributed by atoms with Gasteiger partial charge in [-0.2, -0.15) is 0 Å². The van der Waals surface area contributed by atoms with E-state index in [9.17, 15) is 14.4 Å². The van der Waals surface area contributed by atoms with E-state index in [-0.39, 0.29) is 11.8 Å². The molecule has 0 saturated carbocycles. The minimum Gasteiger partial charge on any atom is -0.480 e. The smallest absolute Gasteiger partial charge is 0.322 e. The van der Waals surface area contributed by atoms with Crippen molar-refractivity contribution in [1.82, 2.24) is 5.32 Å². The van der Waals surface area contributed by atoms with Gasteiger partial charge in [0, 0.05) is 17.7 Å². The molecule has 2 rings (SSSR count). The molecular weight excluding hydrogens is 332 g/mol. The lowest BCUT2D eigenvalue weighted by molar-refractivity contribution is -0.135. The first-order valence-electron chi connectivity index (χ1n) is 8.32. The highest BCUT2D eigenvalue weighted by molar-refractivity contribution is 5.97. The molecule has 0 spiro atoms. The van der Waals surface area contributed by atoms with Gasteiger partial charge in [-0.1, -0.05) is 31.2 Å². The molecule has 0 heterocycles. The van der Waals surface area contributed by atoms with Crippen LogP contribution in [-0.2, 0) is 9.59 Å². The fourth-order valence-corrected chi connectivity index (χ4v) is 2.70. The number of carbonyl (C=O) groups is 3. The van der Waals surface area contributed by atoms with E-state index in [1.54, 1.807) is 12.1 Å². The van der Waals surface area contributed by atoms with Gasteiger partial charge in [0.2, 0.25) is 5.91 Å². The van der Waals surface area contributed by atoms with Crippen molar-refractivity contribution >= 4 is 23.5 Å². The van der Waals surface area contributed by atoms with E-state index in [1.807, 2.05) is 38.1 Å². The molecule has 1 atom stereocenters. The van der Waals surface area contributed by atoms with Gasteiger partial charge in [0.05, 0.1) is 0 Å². The van der Waals surface area contributed by atoms with Gasteiger partial charge in [-0.25, -0.2) is 0 Å². The highest BCUT2D eigenvalue weighted by Gasteiger charge is 2.13. The average Bonchev–Trinajstić information content (AvgIpc) is 2.60. The Bertz CT molecular complexity index is 800. The number of nitrogens with one attached hydrogen (secondary N) is 2. The summed E-state index contributed by atoms with van der Waals surface area (Å²) in [5, 5.41) is 13.7. The van der Waals surface area contributed by atoms with Gasteiger partial charge in [-0.05, 0) is 48.2 Å². The summed E-state index contributed by atoms with van der Waals surface area (Å²) in [6.45, 7) is 3.60. The molecule has 3 N–H and O–H groups in total. The number of aryl methyl sites for hydroxylation is 1. The fraction of sp³-hybridized carbons (Fsp3) is 0.250. The van der Waals surface area contributed by atoms with E-state index in [0.29, 0.717) is 17.7 Å². The van der Waals surface area contributed by atoms with Gasteiger partial charge >= 0.3 is 5.97 Å². The molecule has 0 radical (unpaired) electrons. The predicted octanol–water partition coefficient (Wildman–Crippen LogP) is 2.94. The predicted molar refractivity (Wildman–Crippen MR) is 99.3 cm³/mol. The summed E-state index contributed by atoms with van der Waals surface area (Å²) in [5.74, 6) is -1.59. The van der Waals surface area contributed by atoms with Gasteiger partial charge in [-0.15, -0.1) is 0 Å². The fourth-order valence-electron chi connectivity index (χ4n) is 2.70. The molecule has 0 fully saturated rings. The zero-order valence-corrected chi connectivity index (χ0v) is 14.8. The van der Waals surface area contributed by atoms with Crippen LogP contribution < -0.4 is 10.6 Å². The van der Waals surface area contributed by atoms with Crippen LogP contribution in [0.4, 0.5) is 5.69 Å². The number of anilines is 1. The van der Waals surface area contributed by atoms with E-state index in [4.69, 9.17) is 5.11 Å². The van der Waals surface area contributed by atoms with Crippen LogP contribution in [0.25, 0.3) is 0 Å². The molecule has 2 aromatic carbocycles. The summed E-state index contributed by atoms with van der Waals surface area (Å²) in [6.07, 6.45) is 0.353. The van der Waals surface area contributed by atoms with E-state index in [0.717, 1.165) is 11.1 Å². The monoisotopic (exact) mass is 354 g/mol. The van der Waals surface area contributed by atoms with Crippen LogP contribution in [0, 0.1) is 6.92 Å². The van der Waals surface area contributed by atoms with Crippen LogP contribution in [-0.4, -0.2) is 29.4 Å². The normalized spacial score (nSPS) is 11.5. The van der Waals surface area contributed by atoms with Crippen LogP contribution in [0.1, 0.15) is 40.7 Å². The summed E-state index contributed by atoms with van der Waals surface area (Å²) in [7, 11) is 0. The van der Waals surface area contributed by atoms with Crippen molar-refractivity contribution in [3.05, 3.63) is 65.2 Å². The summed E-state index contributed by atoms with van der Waals surface area (Å²) in [4.78, 5) is 34.5. The van der Waals surface area contributed by atoms with Crippen molar-refractivity contribution in [1.29, 1.82) is 0 Å². The second kappa shape index (κ2) is 8.80. The number of hydrogen-bond acceptors (Lipinski definition) is 3. The zero-order valence-electron chi connectivity index (χ0n) is 14.8. The van der Waals surface area contributed by atoms with Crippen molar-refractivity contribution in [3.8, 4) is 0 Å². The Kier molecular flexibility index (Phi) is 6.49. The maximum Gasteiger partial charge on any atom is 0.322 e. The minimum absolute atomic E-state index is 0.0947. The Labute approximate surface area is 152 Å². The maximum atomic E-state index is 12.2. The molecule has 0 aliphatic rings. The lowest BCUT2D eigenvalue weighted by atomic mass is 9.93. The first-order valence-corrected chi connectivity index (χ1v) is 8.32. The number of amides is 2. The third-order valence-corrected chi connectivity index (χ3v) is 4.04. The molecule has 0 bridgehead atoms. The summed E-state index contributed by atoms with van der Waals surface area (Å²) in [6, 6.07) is 14.3. The second-order valence-corrected chi connectivity index (χ2v) is 6.16. The molecule has 6 nitrogen and oxygen atoms in total. The number of rotatable bonds is 7. The zero-order chi connectivity index (χ0) is 19.1. The highest BCUT2D eigenvalue weighted by Crippen LogP contribution is 2.23. The molecule has 2 amide bonds. The van der Waals surface area contributed by atoms with Crippen LogP contribution >= 0.6 is 0 Å². The number of carboxylic acids is 1. The number of benzene rings is 2. The van der Waals surface area contributed by atoms with E-state index >= 15 is 0 Å². The molecule has 0 aliphatic carbocycles. The van der Waals surface area contributed by atoms with E-state index in [1.165, 1.54) is 12.1 Å². The number of carboxylic acid groups (broad SMARTS) is 1. The summed E-state index contributed by atoms with van der Waals surface area (Å²) in [5.41, 5.74) is 3.22. The molecule has 136 valence electrons. The third-order valence-electron chi connectivity index (χ3n) is 4.04. The molecule has 2 aromatic rings. The van der Waals surface area contributed by atoms with E-state index in [2.05, 4.69) is 10.6 Å². The number of carbonyl (C=O) groups excluding carboxylic acids is 2. The quantitative estimate of drug-likeness (QED) is 0.712. The van der Waals surface area contributed by atoms with Gasteiger partial charge in [0.1, 0.15) is 6.54 Å². The SMILES string of the molecule is Cc1ccccc1C(C)CC(=O)Nc1ccc(C(=O)NCC(=O)O)cc1. The molecule has 0 aliphatic heterocycles. The van der Waals surface area contributed by atoms with Crippen molar-refractivity contribution in [2.45, 2.75) is 26.2 Å². The van der Waals surface area contributed by atoms with Crippen LogP contribution in [0.5, 0.6) is 0 Å². The van der Waals surface area contributed by atoms with E-state index < -0.39 is 18.4 Å². The van der Waals surface area contributed by atoms with Crippen molar-refractivity contribution < 1.29 is 19.5 Å². The maximum absolute atomic E-state index is 12.2. The molecule has 0 saturated heterocycles. The standard InChI is InChI=1S/C20H22N2O4/c1-13-5-3-4-6-17(13)14(2)11-18(23)22-16-9-7-15(8-10-16)20(26)21-12-19(24)25/h3-10,14H,11-12H2,1-2H3,(H,21,26)(H,22,23)(H,24,25). The van der Waals surface area contributed by atoms with Crippen LogP contribution in [0.2, 0.25) is 0 Å². The highest BCUT2D eigenvalue weighted by atomic mass is 16.4. The molecular formula is C20H22N2O4. The van der Waals surface area contributed by atoms with Crippen molar-refractivity contribution in [2.75, 3.05) is 11.9 Å². The Balaban J connectivity index is 1.92. The number of aliphatic carboxylic acids is 1. The van der Waals surface area contributed by atoms with Crippen molar-refractivity contribution in [3.63, 3.8) is 0 Å². The van der Waals surface area contributed by atoms with Gasteiger partial charge in [-0.3, -0.25) is 14.4 Å². The van der Waals surface area contributed by atoms with Gasteiger partial charge in [0.15, 0.2) is 0 Å². The average molecular weight is 354 g/mol. The molecule has 1 unspecified atom stereocenters. The summed E-state index contributed by atoms with van der Waals surface area (Å²) >= 11 is 0. The number of hydrogen-bond donors (Lipinski definition) is 3. The minimum atomic E-state index is -1.11. The topological polar surface area (TPSA) is 95.5 Å². The lowest BCUT2D eigenvalue weighted by Crippen LogP contribution is -2.29. The third kappa shape index (κ3) is 5.44. The Morgan fingerprint density at radius 2 is 1.69 bits per heavy atom. The first-order chi connectivity index (χ1) is 12.4. The first kappa shape index (κ1) is 19.2. The van der Waals surface area contributed by atoms with Gasteiger partial charge < -0.3 is 15.7 Å². The second-order valence-electron chi connectivity index (χ2n) is 6.16. The van der Waals surface area contributed by atoms with Crippen LogP contribution in [0.15, 0.2) is 48.5 Å². The summed E-state index contributed by atoms with van der Waals surface area (Å²) < 4.78 is 0. The van der Waals surface area contributed by atoms with Crippen LogP contribution in [0.3, 0.4) is 0 Å². The lowest BCUT2D eigenvalue weighted by Gasteiger charge is -2.14. The molecule has 6 heteroatoms. The Morgan fingerprint density at radius 1 is 1.04 bits per heavy atom. The van der Waals surface area contributed by atoms with Crippen molar-refractivity contribution in [2.24, 2.45) is 0 Å². The largest absolute Gasteiger partial charge is 0.480 e. The Morgan fingerprint density at radius 3 is 2.31 bits per heavy atom.